The monoisotopic (exact) mass is 497 g/mol. The van der Waals surface area contributed by atoms with Crippen LogP contribution in [0.5, 0.6) is 11.6 Å². The molecule has 4 heterocycles. The number of fused-ring (bicyclic) bond motifs is 5. The highest BCUT2D eigenvalue weighted by Crippen LogP contribution is 2.44. The van der Waals surface area contributed by atoms with Crippen molar-refractivity contribution in [3.63, 3.8) is 0 Å². The van der Waals surface area contributed by atoms with Crippen LogP contribution in [0, 0.1) is 5.82 Å². The third-order valence-corrected chi connectivity index (χ3v) is 7.27. The standard InChI is InChI=1S/C27H24FN7O2/c1-32-25(36)23-24(35-22-5-2-4-21(22)30-27(32)35)31-34(26(23)37-20-12-8-18(28)9-13-20)16-17-6-10-19(11-7-17)33-15-3-14-29-33/h3,6-15,21-22H,2,4-5,16H2,1H3. The molecule has 2 aromatic carbocycles. The van der Waals surface area contributed by atoms with Crippen molar-refractivity contribution in [3.05, 3.63) is 83.9 Å². The summed E-state index contributed by atoms with van der Waals surface area (Å²) in [7, 11) is 1.74. The van der Waals surface area contributed by atoms with E-state index < -0.39 is 0 Å². The zero-order valence-corrected chi connectivity index (χ0v) is 20.2. The Kier molecular flexibility index (Phi) is 4.88. The van der Waals surface area contributed by atoms with Crippen molar-refractivity contribution in [2.24, 2.45) is 4.99 Å². The van der Waals surface area contributed by atoms with Crippen LogP contribution in [0.2, 0.25) is 0 Å². The largest absolute Gasteiger partial charge is 0.438 e. The minimum absolute atomic E-state index is 0.164. The summed E-state index contributed by atoms with van der Waals surface area (Å²) >= 11 is 0. The number of anilines is 1. The lowest BCUT2D eigenvalue weighted by Gasteiger charge is -2.33. The van der Waals surface area contributed by atoms with Crippen LogP contribution in [-0.2, 0) is 6.54 Å². The summed E-state index contributed by atoms with van der Waals surface area (Å²) in [5.41, 5.74) is 2.32. The fourth-order valence-corrected chi connectivity index (χ4v) is 5.45. The summed E-state index contributed by atoms with van der Waals surface area (Å²) in [6.45, 7) is 0.383. The van der Waals surface area contributed by atoms with Gasteiger partial charge in [0.05, 0.1) is 24.3 Å². The Morgan fingerprint density at radius 2 is 1.89 bits per heavy atom. The van der Waals surface area contributed by atoms with Gasteiger partial charge in [-0.2, -0.15) is 10.2 Å². The second-order valence-electron chi connectivity index (χ2n) is 9.56. The number of halogens is 1. The molecule has 37 heavy (non-hydrogen) atoms. The van der Waals surface area contributed by atoms with Gasteiger partial charge in [-0.1, -0.05) is 12.1 Å². The number of hydrogen-bond acceptors (Lipinski definition) is 6. The molecule has 0 N–H and O–H groups in total. The summed E-state index contributed by atoms with van der Waals surface area (Å²) < 4.78 is 23.3. The second kappa shape index (κ2) is 8.29. The molecule has 186 valence electrons. The number of amides is 1. The summed E-state index contributed by atoms with van der Waals surface area (Å²) in [6, 6.07) is 16.0. The molecule has 0 bridgehead atoms. The van der Waals surface area contributed by atoms with E-state index in [1.165, 1.54) is 12.1 Å². The van der Waals surface area contributed by atoms with Crippen LogP contribution in [0.4, 0.5) is 10.2 Å². The number of guanidine groups is 1. The van der Waals surface area contributed by atoms with E-state index in [9.17, 15) is 9.18 Å². The molecule has 1 fully saturated rings. The lowest BCUT2D eigenvalue weighted by Crippen LogP contribution is -2.51. The van der Waals surface area contributed by atoms with Gasteiger partial charge in [-0.15, -0.1) is 0 Å². The Morgan fingerprint density at radius 1 is 1.08 bits per heavy atom. The molecule has 0 radical (unpaired) electrons. The fourth-order valence-electron chi connectivity index (χ4n) is 5.45. The molecular formula is C27H24FN7O2. The average molecular weight is 498 g/mol. The van der Waals surface area contributed by atoms with Crippen molar-refractivity contribution >= 4 is 17.7 Å². The van der Waals surface area contributed by atoms with Gasteiger partial charge in [-0.3, -0.25) is 14.6 Å². The van der Waals surface area contributed by atoms with E-state index in [-0.39, 0.29) is 23.8 Å². The van der Waals surface area contributed by atoms with Gasteiger partial charge >= 0.3 is 0 Å². The predicted molar refractivity (Wildman–Crippen MR) is 135 cm³/mol. The number of nitrogens with zero attached hydrogens (tertiary/aromatic N) is 7. The lowest BCUT2D eigenvalue weighted by atomic mass is 10.1. The summed E-state index contributed by atoms with van der Waals surface area (Å²) in [5, 5.41) is 9.19. The zero-order valence-electron chi connectivity index (χ0n) is 20.2. The second-order valence-corrected chi connectivity index (χ2v) is 9.56. The minimum Gasteiger partial charge on any atom is -0.438 e. The molecule has 2 unspecified atom stereocenters. The van der Waals surface area contributed by atoms with Crippen LogP contribution in [0.25, 0.3) is 5.69 Å². The third kappa shape index (κ3) is 3.51. The third-order valence-electron chi connectivity index (χ3n) is 7.27. The first kappa shape index (κ1) is 21.8. The van der Waals surface area contributed by atoms with Crippen molar-refractivity contribution in [1.82, 2.24) is 24.5 Å². The molecule has 9 nitrogen and oxygen atoms in total. The lowest BCUT2D eigenvalue weighted by molar-refractivity contribution is 0.0862. The Labute approximate surface area is 212 Å². The number of ether oxygens (including phenoxy) is 1. The highest BCUT2D eigenvalue weighted by Gasteiger charge is 2.49. The van der Waals surface area contributed by atoms with Gasteiger partial charge < -0.3 is 4.74 Å². The Balaban J connectivity index is 1.31. The first-order chi connectivity index (χ1) is 18.1. The quantitative estimate of drug-likeness (QED) is 0.412. The number of hydrogen-bond donors (Lipinski definition) is 0. The van der Waals surface area contributed by atoms with Crippen LogP contribution in [-0.4, -0.2) is 55.5 Å². The molecule has 10 heteroatoms. The van der Waals surface area contributed by atoms with Crippen LogP contribution in [0.15, 0.2) is 72.0 Å². The molecule has 3 aliphatic rings. The molecule has 0 spiro atoms. The van der Waals surface area contributed by atoms with Crippen molar-refractivity contribution < 1.29 is 13.9 Å². The fraction of sp³-hybridized carbons (Fsp3) is 0.259. The van der Waals surface area contributed by atoms with Crippen molar-refractivity contribution in [1.29, 1.82) is 0 Å². The molecule has 2 aromatic heterocycles. The summed E-state index contributed by atoms with van der Waals surface area (Å²) in [4.78, 5) is 22.1. The van der Waals surface area contributed by atoms with E-state index in [0.717, 1.165) is 30.5 Å². The number of aliphatic imine (C=N–C) groups is 1. The molecule has 4 aromatic rings. The van der Waals surface area contributed by atoms with Gasteiger partial charge in [-0.05, 0) is 67.3 Å². The van der Waals surface area contributed by atoms with Gasteiger partial charge in [0.1, 0.15) is 17.1 Å². The maximum atomic E-state index is 13.6. The van der Waals surface area contributed by atoms with Gasteiger partial charge in [0.2, 0.25) is 11.8 Å². The first-order valence-corrected chi connectivity index (χ1v) is 12.3. The highest BCUT2D eigenvalue weighted by atomic mass is 19.1. The van der Waals surface area contributed by atoms with E-state index >= 15 is 0 Å². The molecule has 1 aliphatic carbocycles. The van der Waals surface area contributed by atoms with Crippen molar-refractivity contribution in [2.75, 3.05) is 11.9 Å². The van der Waals surface area contributed by atoms with Crippen LogP contribution < -0.4 is 9.64 Å². The minimum atomic E-state index is -0.360. The predicted octanol–water partition coefficient (Wildman–Crippen LogP) is 4.23. The number of benzene rings is 2. The first-order valence-electron chi connectivity index (χ1n) is 12.3. The maximum Gasteiger partial charge on any atom is 0.269 e. The molecule has 1 saturated carbocycles. The number of rotatable bonds is 5. The average Bonchev–Trinajstić information content (AvgIpc) is 3.69. The summed E-state index contributed by atoms with van der Waals surface area (Å²) in [6.07, 6.45) is 6.72. The Bertz CT molecular complexity index is 1510. The van der Waals surface area contributed by atoms with E-state index in [2.05, 4.69) is 10.00 Å². The maximum absolute atomic E-state index is 13.6. The van der Waals surface area contributed by atoms with E-state index in [1.807, 2.05) is 36.5 Å². The van der Waals surface area contributed by atoms with E-state index in [0.29, 0.717) is 35.5 Å². The Hall–Kier alpha value is -4.47. The van der Waals surface area contributed by atoms with Gasteiger partial charge in [0.25, 0.3) is 5.91 Å². The topological polar surface area (TPSA) is 80.8 Å². The van der Waals surface area contributed by atoms with Gasteiger partial charge in [0.15, 0.2) is 5.82 Å². The molecule has 0 saturated heterocycles. The van der Waals surface area contributed by atoms with E-state index in [4.69, 9.17) is 14.8 Å². The van der Waals surface area contributed by atoms with Crippen molar-refractivity contribution in [2.45, 2.75) is 37.9 Å². The smallest absolute Gasteiger partial charge is 0.269 e. The molecule has 2 aliphatic heterocycles. The van der Waals surface area contributed by atoms with Crippen LogP contribution in [0.1, 0.15) is 35.2 Å². The molecule has 2 atom stereocenters. The van der Waals surface area contributed by atoms with Crippen LogP contribution in [0.3, 0.4) is 0 Å². The van der Waals surface area contributed by atoms with E-state index in [1.54, 1.807) is 39.6 Å². The Morgan fingerprint density at radius 3 is 2.65 bits per heavy atom. The van der Waals surface area contributed by atoms with Gasteiger partial charge in [-0.25, -0.2) is 18.7 Å². The molecule has 7 rings (SSSR count). The van der Waals surface area contributed by atoms with Crippen LogP contribution >= 0.6 is 0 Å². The highest BCUT2D eigenvalue weighted by molar-refractivity contribution is 6.20. The summed E-state index contributed by atoms with van der Waals surface area (Å²) in [5.74, 6) is 1.39. The number of aromatic nitrogens is 4. The molecule has 1 amide bonds. The number of carbonyl (C=O) groups is 1. The SMILES string of the molecule is CN1C(=O)c2c(nn(Cc3ccc(-n4cccn4)cc3)c2Oc2ccc(F)cc2)N2C1=NC1CCCC12. The number of carbonyl (C=O) groups excluding carboxylic acids is 1. The zero-order chi connectivity index (χ0) is 25.1. The molecular weight excluding hydrogens is 473 g/mol. The normalized spacial score (nSPS) is 20.1. The van der Waals surface area contributed by atoms with Crippen molar-refractivity contribution in [3.8, 4) is 17.3 Å². The van der Waals surface area contributed by atoms with Gasteiger partial charge in [0, 0.05) is 19.4 Å².